The van der Waals surface area contributed by atoms with Gasteiger partial charge in [0.1, 0.15) is 5.82 Å². The van der Waals surface area contributed by atoms with E-state index in [9.17, 15) is 4.39 Å². The molecule has 2 aromatic rings. The van der Waals surface area contributed by atoms with Gasteiger partial charge in [0.25, 0.3) is 0 Å². The zero-order valence-electron chi connectivity index (χ0n) is 10.4. The highest BCUT2D eigenvalue weighted by Crippen LogP contribution is 2.16. The number of hydrogen-bond donors (Lipinski definition) is 2. The Morgan fingerprint density at radius 1 is 1.32 bits per heavy atom. The van der Waals surface area contributed by atoms with Crippen molar-refractivity contribution in [1.29, 1.82) is 0 Å². The minimum Gasteiger partial charge on any atom is -0.383 e. The molecule has 19 heavy (non-hydrogen) atoms. The lowest BCUT2D eigenvalue weighted by Crippen LogP contribution is -2.10. The third-order valence-corrected chi connectivity index (χ3v) is 2.29. The zero-order chi connectivity index (χ0) is 13.5. The minimum atomic E-state index is -0.371. The van der Waals surface area contributed by atoms with Crippen molar-refractivity contribution in [2.24, 2.45) is 0 Å². The van der Waals surface area contributed by atoms with Gasteiger partial charge in [-0.25, -0.2) is 4.39 Å². The first-order valence-electron chi connectivity index (χ1n) is 5.73. The molecule has 0 saturated carbocycles. The second kappa shape index (κ2) is 6.60. The van der Waals surface area contributed by atoms with Crippen molar-refractivity contribution in [3.8, 4) is 0 Å². The predicted molar refractivity (Wildman–Crippen MR) is 69.9 cm³/mol. The van der Waals surface area contributed by atoms with E-state index in [1.54, 1.807) is 25.3 Å². The van der Waals surface area contributed by atoms with E-state index in [4.69, 9.17) is 4.74 Å². The molecule has 0 spiro atoms. The predicted octanol–water partition coefficient (Wildman–Crippen LogP) is 1.81. The molecule has 7 heteroatoms. The Balaban J connectivity index is 2.05. The summed E-state index contributed by atoms with van der Waals surface area (Å²) >= 11 is 0. The van der Waals surface area contributed by atoms with Gasteiger partial charge in [0, 0.05) is 13.7 Å². The maximum atomic E-state index is 13.5. The molecule has 2 N–H and O–H groups in total. The molecule has 0 atom stereocenters. The van der Waals surface area contributed by atoms with Crippen LogP contribution < -0.4 is 10.6 Å². The third kappa shape index (κ3) is 3.85. The molecule has 0 radical (unpaired) electrons. The van der Waals surface area contributed by atoms with Crippen LogP contribution in [0, 0.1) is 5.82 Å². The lowest BCUT2D eigenvalue weighted by atomic mass is 10.3. The number of rotatable bonds is 6. The first kappa shape index (κ1) is 13.2. The van der Waals surface area contributed by atoms with Crippen molar-refractivity contribution in [3.63, 3.8) is 0 Å². The number of halogens is 1. The van der Waals surface area contributed by atoms with Crippen molar-refractivity contribution in [3.05, 3.63) is 36.3 Å². The molecule has 100 valence electrons. The van der Waals surface area contributed by atoms with E-state index in [1.165, 1.54) is 12.3 Å². The second-order valence-electron chi connectivity index (χ2n) is 3.69. The van der Waals surface area contributed by atoms with Crippen LogP contribution in [0.3, 0.4) is 0 Å². The van der Waals surface area contributed by atoms with Crippen LogP contribution in [0.1, 0.15) is 0 Å². The molecule has 0 unspecified atom stereocenters. The number of hydrogen-bond acceptors (Lipinski definition) is 6. The number of aromatic nitrogens is 3. The van der Waals surface area contributed by atoms with Crippen molar-refractivity contribution >= 4 is 17.5 Å². The molecule has 0 saturated heterocycles. The number of ether oxygens (including phenoxy) is 1. The van der Waals surface area contributed by atoms with Crippen LogP contribution in [0.15, 0.2) is 30.5 Å². The summed E-state index contributed by atoms with van der Waals surface area (Å²) in [5.41, 5.74) is 0.304. The maximum absolute atomic E-state index is 13.5. The van der Waals surface area contributed by atoms with Crippen LogP contribution in [-0.4, -0.2) is 35.4 Å². The van der Waals surface area contributed by atoms with E-state index < -0.39 is 0 Å². The fourth-order valence-corrected chi connectivity index (χ4v) is 1.41. The van der Waals surface area contributed by atoms with E-state index >= 15 is 0 Å². The smallest absolute Gasteiger partial charge is 0.249 e. The molecular formula is C12H14FN5O. The Bertz CT molecular complexity index is 537. The number of anilines is 3. The number of para-hydroxylation sites is 1. The summed E-state index contributed by atoms with van der Waals surface area (Å²) in [5.74, 6) is 0.405. The highest BCUT2D eigenvalue weighted by molar-refractivity contribution is 5.54. The topological polar surface area (TPSA) is 72.0 Å². The quantitative estimate of drug-likeness (QED) is 0.774. The lowest BCUT2D eigenvalue weighted by Gasteiger charge is -2.07. The molecule has 1 aromatic heterocycles. The van der Waals surface area contributed by atoms with Crippen LogP contribution in [-0.2, 0) is 4.74 Å². The molecule has 0 fully saturated rings. The summed E-state index contributed by atoms with van der Waals surface area (Å²) in [7, 11) is 1.62. The molecule has 0 aliphatic rings. The highest BCUT2D eigenvalue weighted by atomic mass is 19.1. The Hall–Kier alpha value is -2.28. The Kier molecular flexibility index (Phi) is 4.57. The SMILES string of the molecule is COCCNc1cnnc(Nc2ccccc2F)n1. The maximum Gasteiger partial charge on any atom is 0.249 e. The van der Waals surface area contributed by atoms with E-state index in [1.807, 2.05) is 0 Å². The van der Waals surface area contributed by atoms with Gasteiger partial charge in [0.15, 0.2) is 5.82 Å². The summed E-state index contributed by atoms with van der Waals surface area (Å²) < 4.78 is 18.4. The van der Waals surface area contributed by atoms with Crippen LogP contribution in [0.4, 0.5) is 21.8 Å². The summed E-state index contributed by atoms with van der Waals surface area (Å²) in [6.07, 6.45) is 1.49. The van der Waals surface area contributed by atoms with Crippen LogP contribution in [0.25, 0.3) is 0 Å². The molecule has 0 aliphatic carbocycles. The molecule has 1 heterocycles. The second-order valence-corrected chi connectivity index (χ2v) is 3.69. The van der Waals surface area contributed by atoms with Crippen LogP contribution in [0.2, 0.25) is 0 Å². The van der Waals surface area contributed by atoms with Crippen molar-refractivity contribution in [2.45, 2.75) is 0 Å². The van der Waals surface area contributed by atoms with Gasteiger partial charge >= 0.3 is 0 Å². The lowest BCUT2D eigenvalue weighted by molar-refractivity contribution is 0.210. The molecule has 6 nitrogen and oxygen atoms in total. The average molecular weight is 263 g/mol. The Morgan fingerprint density at radius 3 is 2.95 bits per heavy atom. The third-order valence-electron chi connectivity index (χ3n) is 2.29. The van der Waals surface area contributed by atoms with E-state index in [0.717, 1.165) is 0 Å². The number of nitrogens with one attached hydrogen (secondary N) is 2. The summed E-state index contributed by atoms with van der Waals surface area (Å²) in [6.45, 7) is 1.16. The van der Waals surface area contributed by atoms with Gasteiger partial charge in [0.2, 0.25) is 5.95 Å². The Morgan fingerprint density at radius 2 is 2.16 bits per heavy atom. The van der Waals surface area contributed by atoms with Gasteiger partial charge in [0.05, 0.1) is 18.5 Å². The monoisotopic (exact) mass is 263 g/mol. The number of nitrogens with zero attached hydrogens (tertiary/aromatic N) is 3. The van der Waals surface area contributed by atoms with Crippen molar-refractivity contribution < 1.29 is 9.13 Å². The first-order valence-corrected chi connectivity index (χ1v) is 5.73. The van der Waals surface area contributed by atoms with Crippen LogP contribution >= 0.6 is 0 Å². The van der Waals surface area contributed by atoms with Gasteiger partial charge in [-0.15, -0.1) is 5.10 Å². The normalized spacial score (nSPS) is 10.2. The van der Waals surface area contributed by atoms with Crippen molar-refractivity contribution in [1.82, 2.24) is 15.2 Å². The largest absolute Gasteiger partial charge is 0.383 e. The molecule has 1 aromatic carbocycles. The summed E-state index contributed by atoms with van der Waals surface area (Å²) in [4.78, 5) is 4.16. The fraction of sp³-hybridized carbons (Fsp3) is 0.250. The van der Waals surface area contributed by atoms with Gasteiger partial charge in [-0.3, -0.25) is 0 Å². The van der Waals surface area contributed by atoms with E-state index in [2.05, 4.69) is 25.8 Å². The highest BCUT2D eigenvalue weighted by Gasteiger charge is 2.04. The summed E-state index contributed by atoms with van der Waals surface area (Å²) in [5, 5.41) is 13.4. The molecule has 0 amide bonds. The van der Waals surface area contributed by atoms with Gasteiger partial charge in [-0.1, -0.05) is 12.1 Å². The van der Waals surface area contributed by atoms with Crippen molar-refractivity contribution in [2.75, 3.05) is 30.9 Å². The fourth-order valence-electron chi connectivity index (χ4n) is 1.41. The molecule has 0 aliphatic heterocycles. The standard InChI is InChI=1S/C12H14FN5O/c1-19-7-6-14-11-8-15-18-12(17-11)16-10-5-3-2-4-9(10)13/h2-5,8H,6-7H2,1H3,(H2,14,16,17,18). The van der Waals surface area contributed by atoms with Gasteiger partial charge in [-0.05, 0) is 12.1 Å². The average Bonchev–Trinajstić information content (AvgIpc) is 2.42. The summed E-state index contributed by atoms with van der Waals surface area (Å²) in [6, 6.07) is 6.29. The van der Waals surface area contributed by atoms with Gasteiger partial charge in [-0.2, -0.15) is 10.1 Å². The minimum absolute atomic E-state index is 0.229. The molecule has 0 bridgehead atoms. The van der Waals surface area contributed by atoms with E-state index in [-0.39, 0.29) is 11.8 Å². The Labute approximate surface area is 110 Å². The first-order chi connectivity index (χ1) is 9.29. The zero-order valence-corrected chi connectivity index (χ0v) is 10.4. The van der Waals surface area contributed by atoms with E-state index in [0.29, 0.717) is 24.7 Å². The number of methoxy groups -OCH3 is 1. The number of benzene rings is 1. The molecular weight excluding hydrogens is 249 g/mol. The van der Waals surface area contributed by atoms with Gasteiger partial charge < -0.3 is 15.4 Å². The molecule has 2 rings (SSSR count). The van der Waals surface area contributed by atoms with Crippen LogP contribution in [0.5, 0.6) is 0 Å².